The molecule has 0 aliphatic rings. The van der Waals surface area contributed by atoms with Gasteiger partial charge in [0.2, 0.25) is 0 Å². The summed E-state index contributed by atoms with van der Waals surface area (Å²) in [4.78, 5) is 15.2. The first-order valence-corrected chi connectivity index (χ1v) is 8.06. The number of aryl methyl sites for hydroxylation is 1. The molecule has 0 saturated carbocycles. The lowest BCUT2D eigenvalue weighted by Gasteiger charge is -2.02. The van der Waals surface area contributed by atoms with Crippen LogP contribution < -0.4 is 0 Å². The van der Waals surface area contributed by atoms with Crippen molar-refractivity contribution in [2.75, 3.05) is 0 Å². The number of nitrogens with zero attached hydrogens (tertiary/aromatic N) is 1. The average Bonchev–Trinajstić information content (AvgIpc) is 3.02. The number of halogens is 1. The number of carboxylic acids is 1. The van der Waals surface area contributed by atoms with Crippen LogP contribution in [0.3, 0.4) is 0 Å². The molecule has 1 N–H and O–H groups in total. The fourth-order valence-corrected chi connectivity index (χ4v) is 2.93. The molecule has 0 unspecified atom stereocenters. The molecular formula is C19H14BrNO3. The summed E-state index contributed by atoms with van der Waals surface area (Å²) < 4.78 is 6.76. The fourth-order valence-electron chi connectivity index (χ4n) is 2.24. The smallest absolute Gasteiger partial charge is 0.335 e. The van der Waals surface area contributed by atoms with Crippen molar-refractivity contribution in [2.45, 2.75) is 6.92 Å². The third-order valence-electron chi connectivity index (χ3n) is 3.45. The van der Waals surface area contributed by atoms with Crippen LogP contribution in [0.2, 0.25) is 0 Å². The predicted octanol–water partition coefficient (Wildman–Crippen LogP) is 5.47. The van der Waals surface area contributed by atoms with E-state index < -0.39 is 5.97 Å². The Kier molecular flexibility index (Phi) is 4.62. The topological polar surface area (TPSA) is 62.8 Å². The normalized spacial score (nSPS) is 11.1. The van der Waals surface area contributed by atoms with E-state index in [1.807, 2.05) is 37.3 Å². The molecule has 0 fully saturated rings. The van der Waals surface area contributed by atoms with Gasteiger partial charge in [-0.25, -0.2) is 4.79 Å². The maximum Gasteiger partial charge on any atom is 0.335 e. The molecule has 0 saturated heterocycles. The number of rotatable bonds is 4. The average molecular weight is 384 g/mol. The van der Waals surface area contributed by atoms with Crippen LogP contribution in [0.25, 0.3) is 11.3 Å². The third-order valence-corrected chi connectivity index (χ3v) is 4.11. The standard InChI is InChI=1S/C19H14BrNO3/c1-12-5-7-16(17(20)9-12)18-8-6-15(24-18)11-21-14-4-2-3-13(10-14)19(22)23/h2-11H,1H3,(H,22,23). The zero-order valence-electron chi connectivity index (χ0n) is 12.9. The van der Waals surface area contributed by atoms with Crippen molar-refractivity contribution < 1.29 is 14.3 Å². The molecule has 0 spiro atoms. The number of carboxylic acid groups (broad SMARTS) is 1. The number of benzene rings is 2. The van der Waals surface area contributed by atoms with Crippen molar-refractivity contribution in [3.8, 4) is 11.3 Å². The van der Waals surface area contributed by atoms with Crippen molar-refractivity contribution in [1.29, 1.82) is 0 Å². The Balaban J connectivity index is 1.83. The molecule has 0 bridgehead atoms. The van der Waals surface area contributed by atoms with E-state index in [-0.39, 0.29) is 5.56 Å². The summed E-state index contributed by atoms with van der Waals surface area (Å²) in [6, 6.07) is 16.2. The molecule has 2 aromatic carbocycles. The summed E-state index contributed by atoms with van der Waals surface area (Å²) in [5, 5.41) is 8.99. The second kappa shape index (κ2) is 6.84. The molecule has 3 aromatic rings. The Morgan fingerprint density at radius 1 is 1.17 bits per heavy atom. The molecule has 1 heterocycles. The molecule has 1 aromatic heterocycles. The van der Waals surface area contributed by atoms with Gasteiger partial charge in [-0.3, -0.25) is 4.99 Å². The highest BCUT2D eigenvalue weighted by atomic mass is 79.9. The van der Waals surface area contributed by atoms with E-state index in [9.17, 15) is 4.79 Å². The van der Waals surface area contributed by atoms with Crippen molar-refractivity contribution in [3.63, 3.8) is 0 Å². The van der Waals surface area contributed by atoms with Gasteiger partial charge < -0.3 is 9.52 Å². The first kappa shape index (κ1) is 16.2. The minimum Gasteiger partial charge on any atom is -0.478 e. The minimum atomic E-state index is -0.975. The summed E-state index contributed by atoms with van der Waals surface area (Å²) in [6.45, 7) is 2.03. The van der Waals surface area contributed by atoms with Gasteiger partial charge in [0.15, 0.2) is 0 Å². The molecular weight excluding hydrogens is 370 g/mol. The Bertz CT molecular complexity index is 928. The van der Waals surface area contributed by atoms with Crippen LogP contribution >= 0.6 is 15.9 Å². The van der Waals surface area contributed by atoms with E-state index in [1.165, 1.54) is 12.1 Å². The highest BCUT2D eigenvalue weighted by Gasteiger charge is 2.08. The Hall–Kier alpha value is -2.66. The number of aliphatic imine (C=N–C) groups is 1. The molecule has 3 rings (SSSR count). The number of hydrogen-bond donors (Lipinski definition) is 1. The summed E-state index contributed by atoms with van der Waals surface area (Å²) in [6.07, 6.45) is 1.58. The van der Waals surface area contributed by atoms with Crippen molar-refractivity contribution in [1.82, 2.24) is 0 Å². The van der Waals surface area contributed by atoms with Gasteiger partial charge in [0, 0.05) is 10.0 Å². The maximum atomic E-state index is 11.0. The van der Waals surface area contributed by atoms with Crippen molar-refractivity contribution in [2.24, 2.45) is 4.99 Å². The van der Waals surface area contributed by atoms with Crippen LogP contribution in [-0.2, 0) is 0 Å². The second-order valence-corrected chi connectivity index (χ2v) is 6.15. The number of carbonyl (C=O) groups is 1. The van der Waals surface area contributed by atoms with Gasteiger partial charge >= 0.3 is 5.97 Å². The number of aromatic carboxylic acids is 1. The van der Waals surface area contributed by atoms with Crippen molar-refractivity contribution in [3.05, 3.63) is 76.0 Å². The summed E-state index contributed by atoms with van der Waals surface area (Å²) in [7, 11) is 0. The van der Waals surface area contributed by atoms with E-state index in [0.717, 1.165) is 21.4 Å². The largest absolute Gasteiger partial charge is 0.478 e. The predicted molar refractivity (Wildman–Crippen MR) is 97.2 cm³/mol. The lowest BCUT2D eigenvalue weighted by atomic mass is 10.1. The first-order valence-electron chi connectivity index (χ1n) is 7.27. The van der Waals surface area contributed by atoms with Crippen LogP contribution in [0.1, 0.15) is 21.7 Å². The van der Waals surface area contributed by atoms with Gasteiger partial charge in [0.1, 0.15) is 11.5 Å². The number of furan rings is 1. The Morgan fingerprint density at radius 2 is 2.00 bits per heavy atom. The van der Waals surface area contributed by atoms with Crippen LogP contribution in [0, 0.1) is 6.92 Å². The summed E-state index contributed by atoms with van der Waals surface area (Å²) in [5.74, 6) is 0.359. The Morgan fingerprint density at radius 3 is 2.75 bits per heavy atom. The molecule has 120 valence electrons. The van der Waals surface area contributed by atoms with E-state index in [0.29, 0.717) is 11.4 Å². The zero-order chi connectivity index (χ0) is 17.1. The first-order chi connectivity index (χ1) is 11.5. The lowest BCUT2D eigenvalue weighted by Crippen LogP contribution is -1.94. The van der Waals surface area contributed by atoms with E-state index in [4.69, 9.17) is 9.52 Å². The molecule has 24 heavy (non-hydrogen) atoms. The van der Waals surface area contributed by atoms with Gasteiger partial charge in [-0.1, -0.05) is 28.1 Å². The van der Waals surface area contributed by atoms with Gasteiger partial charge in [-0.2, -0.15) is 0 Å². The highest BCUT2D eigenvalue weighted by Crippen LogP contribution is 2.30. The van der Waals surface area contributed by atoms with Crippen LogP contribution in [-0.4, -0.2) is 17.3 Å². The van der Waals surface area contributed by atoms with E-state index in [2.05, 4.69) is 20.9 Å². The van der Waals surface area contributed by atoms with Gasteiger partial charge in [-0.15, -0.1) is 0 Å². The van der Waals surface area contributed by atoms with Gasteiger partial charge in [-0.05, 0) is 55.0 Å². The Labute approximate surface area is 147 Å². The molecule has 0 aliphatic heterocycles. The van der Waals surface area contributed by atoms with E-state index >= 15 is 0 Å². The molecule has 4 nitrogen and oxygen atoms in total. The quantitative estimate of drug-likeness (QED) is 0.607. The lowest BCUT2D eigenvalue weighted by molar-refractivity contribution is 0.0697. The fraction of sp³-hybridized carbons (Fsp3) is 0.0526. The number of hydrogen-bond acceptors (Lipinski definition) is 3. The van der Waals surface area contributed by atoms with Crippen molar-refractivity contribution >= 4 is 33.8 Å². The molecule has 0 aliphatic carbocycles. The molecule has 0 amide bonds. The van der Waals surface area contributed by atoms with Crippen LogP contribution in [0.4, 0.5) is 5.69 Å². The maximum absolute atomic E-state index is 11.0. The molecule has 0 radical (unpaired) electrons. The van der Waals surface area contributed by atoms with Gasteiger partial charge in [0.25, 0.3) is 0 Å². The minimum absolute atomic E-state index is 0.202. The van der Waals surface area contributed by atoms with Gasteiger partial charge in [0.05, 0.1) is 17.5 Å². The van der Waals surface area contributed by atoms with Crippen LogP contribution in [0.15, 0.2) is 68.5 Å². The van der Waals surface area contributed by atoms with E-state index in [1.54, 1.807) is 18.3 Å². The molecule has 0 atom stereocenters. The third kappa shape index (κ3) is 3.63. The summed E-state index contributed by atoms with van der Waals surface area (Å²) in [5.41, 5.74) is 2.89. The highest BCUT2D eigenvalue weighted by molar-refractivity contribution is 9.10. The second-order valence-electron chi connectivity index (χ2n) is 5.30. The zero-order valence-corrected chi connectivity index (χ0v) is 14.4. The molecule has 5 heteroatoms. The monoisotopic (exact) mass is 383 g/mol. The summed E-state index contributed by atoms with van der Waals surface area (Å²) >= 11 is 3.54. The van der Waals surface area contributed by atoms with Crippen LogP contribution in [0.5, 0.6) is 0 Å². The SMILES string of the molecule is Cc1ccc(-c2ccc(C=Nc3cccc(C(=O)O)c3)o2)c(Br)c1.